The lowest BCUT2D eigenvalue weighted by molar-refractivity contribution is -0.130. The number of nitrogens with zero attached hydrogens (tertiary/aromatic N) is 3. The SMILES string of the molecule is COc1ccccc1C1=N/C(=C\c2csc(N(C(C)=O)c3ccc(C)c(C)c3)n2)C(=O)O1. The van der Waals surface area contributed by atoms with Crippen molar-refractivity contribution in [3.63, 3.8) is 0 Å². The third kappa shape index (κ3) is 4.17. The molecule has 0 spiro atoms. The van der Waals surface area contributed by atoms with Crippen LogP contribution in [0.4, 0.5) is 10.8 Å². The molecular weight excluding hydrogens is 426 g/mol. The zero-order chi connectivity index (χ0) is 22.8. The van der Waals surface area contributed by atoms with Crippen LogP contribution in [0.15, 0.2) is 58.5 Å². The molecule has 3 aromatic rings. The van der Waals surface area contributed by atoms with Gasteiger partial charge >= 0.3 is 5.97 Å². The first kappa shape index (κ1) is 21.5. The van der Waals surface area contributed by atoms with Crippen LogP contribution in [0.25, 0.3) is 6.08 Å². The second kappa shape index (κ2) is 8.76. The predicted molar refractivity (Wildman–Crippen MR) is 124 cm³/mol. The number of rotatable bonds is 5. The fourth-order valence-corrected chi connectivity index (χ4v) is 4.07. The maximum Gasteiger partial charge on any atom is 0.363 e. The fraction of sp³-hybridized carbons (Fsp3) is 0.167. The molecule has 2 heterocycles. The molecule has 0 aliphatic carbocycles. The number of carbonyl (C=O) groups is 2. The molecule has 162 valence electrons. The molecule has 0 unspecified atom stereocenters. The summed E-state index contributed by atoms with van der Waals surface area (Å²) < 4.78 is 10.7. The molecule has 0 saturated carbocycles. The fourth-order valence-electron chi connectivity index (χ4n) is 3.22. The number of para-hydroxylation sites is 1. The number of anilines is 2. The van der Waals surface area contributed by atoms with Gasteiger partial charge in [-0.1, -0.05) is 18.2 Å². The minimum Gasteiger partial charge on any atom is -0.496 e. The van der Waals surface area contributed by atoms with Gasteiger partial charge in [0.15, 0.2) is 10.8 Å². The number of aromatic nitrogens is 1. The molecule has 1 aromatic heterocycles. The van der Waals surface area contributed by atoms with Crippen LogP contribution in [0.3, 0.4) is 0 Å². The average molecular weight is 448 g/mol. The Labute approximate surface area is 189 Å². The summed E-state index contributed by atoms with van der Waals surface area (Å²) in [6, 6.07) is 13.0. The number of benzene rings is 2. The van der Waals surface area contributed by atoms with Crippen LogP contribution in [0, 0.1) is 13.8 Å². The first-order valence-electron chi connectivity index (χ1n) is 9.87. The molecule has 0 fully saturated rings. The van der Waals surface area contributed by atoms with Crippen molar-refractivity contribution in [1.82, 2.24) is 4.98 Å². The summed E-state index contributed by atoms with van der Waals surface area (Å²) in [4.78, 5) is 35.2. The van der Waals surface area contributed by atoms with Crippen LogP contribution >= 0.6 is 11.3 Å². The van der Waals surface area contributed by atoms with Gasteiger partial charge in [0.2, 0.25) is 11.8 Å². The van der Waals surface area contributed by atoms with Crippen molar-refractivity contribution >= 4 is 46.0 Å². The van der Waals surface area contributed by atoms with Crippen molar-refractivity contribution in [1.29, 1.82) is 0 Å². The molecule has 7 nitrogen and oxygen atoms in total. The lowest BCUT2D eigenvalue weighted by Crippen LogP contribution is -2.22. The van der Waals surface area contributed by atoms with Gasteiger partial charge in [-0.3, -0.25) is 9.69 Å². The minimum absolute atomic E-state index is 0.128. The van der Waals surface area contributed by atoms with Gasteiger partial charge in [-0.15, -0.1) is 11.3 Å². The van der Waals surface area contributed by atoms with Crippen molar-refractivity contribution in [2.24, 2.45) is 4.99 Å². The topological polar surface area (TPSA) is 81.1 Å². The van der Waals surface area contributed by atoms with E-state index in [2.05, 4.69) is 9.98 Å². The smallest absolute Gasteiger partial charge is 0.363 e. The van der Waals surface area contributed by atoms with Gasteiger partial charge < -0.3 is 9.47 Å². The van der Waals surface area contributed by atoms with Crippen molar-refractivity contribution in [3.05, 3.63) is 75.9 Å². The molecule has 8 heteroatoms. The number of amides is 1. The molecule has 1 amide bonds. The van der Waals surface area contributed by atoms with Crippen LogP contribution in [-0.2, 0) is 14.3 Å². The Morgan fingerprint density at radius 1 is 1.16 bits per heavy atom. The molecule has 4 rings (SSSR count). The first-order chi connectivity index (χ1) is 15.4. The van der Waals surface area contributed by atoms with E-state index in [4.69, 9.17) is 9.47 Å². The second-order valence-electron chi connectivity index (χ2n) is 7.21. The molecule has 0 radical (unpaired) electrons. The summed E-state index contributed by atoms with van der Waals surface area (Å²) in [7, 11) is 1.54. The van der Waals surface area contributed by atoms with E-state index in [1.54, 1.807) is 35.6 Å². The lowest BCUT2D eigenvalue weighted by Gasteiger charge is -2.19. The van der Waals surface area contributed by atoms with Crippen molar-refractivity contribution < 1.29 is 19.1 Å². The van der Waals surface area contributed by atoms with Crippen LogP contribution in [0.2, 0.25) is 0 Å². The summed E-state index contributed by atoms with van der Waals surface area (Å²) in [5, 5.41) is 2.27. The molecule has 2 aromatic carbocycles. The Bertz CT molecular complexity index is 1280. The number of carbonyl (C=O) groups excluding carboxylic acids is 2. The Kier molecular flexibility index (Phi) is 5.87. The van der Waals surface area contributed by atoms with Crippen LogP contribution in [0.5, 0.6) is 5.75 Å². The zero-order valence-corrected chi connectivity index (χ0v) is 18.9. The third-order valence-electron chi connectivity index (χ3n) is 5.01. The number of esters is 1. The van der Waals surface area contributed by atoms with Gasteiger partial charge in [0.25, 0.3) is 0 Å². The van der Waals surface area contributed by atoms with Gasteiger partial charge in [-0.2, -0.15) is 0 Å². The van der Waals surface area contributed by atoms with Gasteiger partial charge in [-0.25, -0.2) is 14.8 Å². The number of thiazole rings is 1. The average Bonchev–Trinajstić information content (AvgIpc) is 3.37. The van der Waals surface area contributed by atoms with E-state index in [1.165, 1.54) is 18.3 Å². The quantitative estimate of drug-likeness (QED) is 0.415. The Morgan fingerprint density at radius 3 is 2.66 bits per heavy atom. The Balaban J connectivity index is 1.65. The minimum atomic E-state index is -0.571. The highest BCUT2D eigenvalue weighted by atomic mass is 32.1. The highest BCUT2D eigenvalue weighted by Gasteiger charge is 2.27. The summed E-state index contributed by atoms with van der Waals surface area (Å²) in [5.74, 6) is 0.00739. The number of hydrogen-bond acceptors (Lipinski definition) is 7. The number of cyclic esters (lactones) is 1. The van der Waals surface area contributed by atoms with Gasteiger partial charge in [0.1, 0.15) is 5.75 Å². The van der Waals surface area contributed by atoms with E-state index < -0.39 is 5.97 Å². The van der Waals surface area contributed by atoms with E-state index in [0.29, 0.717) is 22.1 Å². The molecule has 0 atom stereocenters. The standard InChI is InChI=1S/C24H21N3O4S/c1-14-9-10-18(11-15(14)2)27(16(3)28)24-25-17(13-32-24)12-20-23(29)31-22(26-20)19-7-5-6-8-21(19)30-4/h5-13H,1-4H3/b20-12-. The highest BCUT2D eigenvalue weighted by Crippen LogP contribution is 2.31. The summed E-state index contributed by atoms with van der Waals surface area (Å²) >= 11 is 1.31. The number of hydrogen-bond donors (Lipinski definition) is 0. The molecule has 0 N–H and O–H groups in total. The molecule has 1 aliphatic heterocycles. The monoisotopic (exact) mass is 447 g/mol. The maximum absolute atomic E-state index is 12.4. The number of aliphatic imine (C=N–C) groups is 1. The molecule has 0 bridgehead atoms. The molecule has 1 aliphatic rings. The maximum atomic E-state index is 12.4. The highest BCUT2D eigenvalue weighted by molar-refractivity contribution is 7.14. The predicted octanol–water partition coefficient (Wildman–Crippen LogP) is 4.80. The van der Waals surface area contributed by atoms with Gasteiger partial charge in [0, 0.05) is 12.3 Å². The Hall–Kier alpha value is -3.78. The van der Waals surface area contributed by atoms with Gasteiger partial charge in [-0.05, 0) is 55.3 Å². The van der Waals surface area contributed by atoms with Crippen molar-refractivity contribution in [2.45, 2.75) is 20.8 Å². The molecule has 0 saturated heterocycles. The van der Waals surface area contributed by atoms with Crippen LogP contribution < -0.4 is 9.64 Å². The van der Waals surface area contributed by atoms with E-state index in [0.717, 1.165) is 16.8 Å². The van der Waals surface area contributed by atoms with E-state index in [9.17, 15) is 9.59 Å². The molecular formula is C24H21N3O4S. The Morgan fingerprint density at radius 2 is 1.94 bits per heavy atom. The lowest BCUT2D eigenvalue weighted by atomic mass is 10.1. The van der Waals surface area contributed by atoms with Crippen molar-refractivity contribution in [3.8, 4) is 5.75 Å². The summed E-state index contributed by atoms with van der Waals surface area (Å²) in [5.41, 5.74) is 4.19. The normalized spacial score (nSPS) is 14.3. The number of aryl methyl sites for hydroxylation is 2. The first-order valence-corrected chi connectivity index (χ1v) is 10.7. The zero-order valence-electron chi connectivity index (χ0n) is 18.1. The number of ether oxygens (including phenoxy) is 2. The van der Waals surface area contributed by atoms with Crippen LogP contribution in [-0.4, -0.2) is 29.9 Å². The van der Waals surface area contributed by atoms with Gasteiger partial charge in [0.05, 0.1) is 24.1 Å². The van der Waals surface area contributed by atoms with E-state index in [-0.39, 0.29) is 17.5 Å². The molecule has 32 heavy (non-hydrogen) atoms. The van der Waals surface area contributed by atoms with Crippen molar-refractivity contribution in [2.75, 3.05) is 12.0 Å². The number of methoxy groups -OCH3 is 1. The second-order valence-corrected chi connectivity index (χ2v) is 8.05. The van der Waals surface area contributed by atoms with E-state index in [1.807, 2.05) is 44.2 Å². The summed E-state index contributed by atoms with van der Waals surface area (Å²) in [6.07, 6.45) is 1.55. The largest absolute Gasteiger partial charge is 0.496 e. The third-order valence-corrected chi connectivity index (χ3v) is 5.85. The summed E-state index contributed by atoms with van der Waals surface area (Å²) in [6.45, 7) is 5.51. The van der Waals surface area contributed by atoms with Crippen LogP contribution in [0.1, 0.15) is 29.3 Å². The van der Waals surface area contributed by atoms with E-state index >= 15 is 0 Å².